The highest BCUT2D eigenvalue weighted by molar-refractivity contribution is 5.92. The highest BCUT2D eigenvalue weighted by Crippen LogP contribution is 2.06. The highest BCUT2D eigenvalue weighted by atomic mass is 16.2. The number of rotatable bonds is 5. The molecule has 18 heavy (non-hydrogen) atoms. The number of aromatic amines is 1. The lowest BCUT2D eigenvalue weighted by Gasteiger charge is -2.05. The molecule has 0 spiro atoms. The van der Waals surface area contributed by atoms with Gasteiger partial charge in [0.15, 0.2) is 5.82 Å². The number of aryl methyl sites for hydroxylation is 1. The minimum absolute atomic E-state index is 0.118. The van der Waals surface area contributed by atoms with Crippen LogP contribution in [0.15, 0.2) is 36.4 Å². The van der Waals surface area contributed by atoms with Crippen molar-refractivity contribution < 1.29 is 4.79 Å². The van der Waals surface area contributed by atoms with Crippen LogP contribution in [0.25, 0.3) is 0 Å². The van der Waals surface area contributed by atoms with Gasteiger partial charge < -0.3 is 10.6 Å². The molecular formula is C13H16N4O. The molecule has 0 fully saturated rings. The molecule has 1 amide bonds. The molecule has 3 N–H and O–H groups in total. The largest absolute Gasteiger partial charge is 0.376 e. The Hall–Kier alpha value is -2.30. The number of aromatic nitrogens is 2. The summed E-state index contributed by atoms with van der Waals surface area (Å²) >= 11 is 0. The molecule has 1 aromatic heterocycles. The van der Waals surface area contributed by atoms with Gasteiger partial charge in [0.25, 0.3) is 0 Å². The standard InChI is InChI=1S/C13H16N4O/c1-2-10-8-12(17-16-10)15-13(18)9-14-11-6-4-3-5-7-11/h3-8,14H,2,9H2,1H3,(H2,15,16,17,18). The van der Waals surface area contributed by atoms with E-state index in [2.05, 4.69) is 20.8 Å². The molecule has 5 heteroatoms. The monoisotopic (exact) mass is 244 g/mol. The summed E-state index contributed by atoms with van der Waals surface area (Å²) in [5.41, 5.74) is 1.92. The Kier molecular flexibility index (Phi) is 3.96. The van der Waals surface area contributed by atoms with Gasteiger partial charge in [0.05, 0.1) is 6.54 Å². The predicted molar refractivity (Wildman–Crippen MR) is 71.5 cm³/mol. The van der Waals surface area contributed by atoms with E-state index in [9.17, 15) is 4.79 Å². The van der Waals surface area contributed by atoms with Crippen LogP contribution in [0.5, 0.6) is 0 Å². The van der Waals surface area contributed by atoms with E-state index in [0.717, 1.165) is 17.8 Å². The Morgan fingerprint density at radius 2 is 2.11 bits per heavy atom. The number of benzene rings is 1. The molecule has 94 valence electrons. The third kappa shape index (κ3) is 3.35. The lowest BCUT2D eigenvalue weighted by Crippen LogP contribution is -2.21. The van der Waals surface area contributed by atoms with Crippen molar-refractivity contribution in [1.29, 1.82) is 0 Å². The number of hydrogen-bond acceptors (Lipinski definition) is 3. The maximum atomic E-state index is 11.7. The summed E-state index contributed by atoms with van der Waals surface area (Å²) in [6.07, 6.45) is 0.866. The van der Waals surface area contributed by atoms with E-state index in [1.165, 1.54) is 0 Å². The first-order valence-corrected chi connectivity index (χ1v) is 5.91. The van der Waals surface area contributed by atoms with Crippen LogP contribution in [0.3, 0.4) is 0 Å². The predicted octanol–water partition coefficient (Wildman–Crippen LogP) is 2.02. The van der Waals surface area contributed by atoms with Gasteiger partial charge >= 0.3 is 0 Å². The number of carbonyl (C=O) groups excluding carboxylic acids is 1. The van der Waals surface area contributed by atoms with Gasteiger partial charge in [-0.2, -0.15) is 5.10 Å². The Balaban J connectivity index is 1.82. The normalized spacial score (nSPS) is 10.1. The lowest BCUT2D eigenvalue weighted by atomic mass is 10.3. The fourth-order valence-corrected chi connectivity index (χ4v) is 1.53. The van der Waals surface area contributed by atoms with Gasteiger partial charge in [0.2, 0.25) is 5.91 Å². The fraction of sp³-hybridized carbons (Fsp3) is 0.231. The molecule has 0 atom stereocenters. The molecule has 0 saturated heterocycles. The molecule has 0 bridgehead atoms. The first-order valence-electron chi connectivity index (χ1n) is 5.91. The Morgan fingerprint density at radius 1 is 1.33 bits per heavy atom. The van der Waals surface area contributed by atoms with Crippen molar-refractivity contribution in [2.45, 2.75) is 13.3 Å². The van der Waals surface area contributed by atoms with Crippen molar-refractivity contribution >= 4 is 17.4 Å². The summed E-state index contributed by atoms with van der Waals surface area (Å²) in [6, 6.07) is 11.4. The SMILES string of the molecule is CCc1cc(NC(=O)CNc2ccccc2)n[nH]1. The summed E-state index contributed by atoms with van der Waals surface area (Å²) < 4.78 is 0. The highest BCUT2D eigenvalue weighted by Gasteiger charge is 2.04. The summed E-state index contributed by atoms with van der Waals surface area (Å²) in [7, 11) is 0. The summed E-state index contributed by atoms with van der Waals surface area (Å²) in [6.45, 7) is 2.24. The molecule has 0 aliphatic rings. The first kappa shape index (κ1) is 12.2. The van der Waals surface area contributed by atoms with E-state index < -0.39 is 0 Å². The van der Waals surface area contributed by atoms with Gasteiger partial charge in [-0.1, -0.05) is 25.1 Å². The molecule has 0 unspecified atom stereocenters. The quantitative estimate of drug-likeness (QED) is 0.753. The minimum Gasteiger partial charge on any atom is -0.376 e. The van der Waals surface area contributed by atoms with Crippen molar-refractivity contribution in [2.24, 2.45) is 0 Å². The molecule has 2 rings (SSSR count). The topological polar surface area (TPSA) is 69.8 Å². The maximum absolute atomic E-state index is 11.7. The Morgan fingerprint density at radius 3 is 2.78 bits per heavy atom. The number of amides is 1. The summed E-state index contributed by atoms with van der Waals surface area (Å²) in [5.74, 6) is 0.444. The molecule has 0 radical (unpaired) electrons. The zero-order valence-corrected chi connectivity index (χ0v) is 10.2. The second kappa shape index (κ2) is 5.86. The van der Waals surface area contributed by atoms with E-state index in [-0.39, 0.29) is 12.5 Å². The number of H-pyrrole nitrogens is 1. The van der Waals surface area contributed by atoms with Crippen LogP contribution in [0.4, 0.5) is 11.5 Å². The molecule has 0 aliphatic heterocycles. The van der Waals surface area contributed by atoms with E-state index in [1.807, 2.05) is 43.3 Å². The second-order valence-electron chi connectivity index (χ2n) is 3.90. The van der Waals surface area contributed by atoms with Gasteiger partial charge in [-0.15, -0.1) is 0 Å². The van der Waals surface area contributed by atoms with Crippen LogP contribution in [0.1, 0.15) is 12.6 Å². The average Bonchev–Trinajstić information content (AvgIpc) is 2.85. The Labute approximate surface area is 106 Å². The van der Waals surface area contributed by atoms with Crippen LogP contribution in [0.2, 0.25) is 0 Å². The summed E-state index contributed by atoms with van der Waals surface area (Å²) in [5, 5.41) is 12.6. The number of hydrogen-bond donors (Lipinski definition) is 3. The van der Waals surface area contributed by atoms with Gasteiger partial charge in [0.1, 0.15) is 0 Å². The smallest absolute Gasteiger partial charge is 0.244 e. The van der Waals surface area contributed by atoms with Crippen LogP contribution in [0, 0.1) is 0 Å². The number of anilines is 2. The average molecular weight is 244 g/mol. The third-order valence-electron chi connectivity index (χ3n) is 2.51. The van der Waals surface area contributed by atoms with Crippen LogP contribution >= 0.6 is 0 Å². The van der Waals surface area contributed by atoms with Gasteiger partial charge in [-0.25, -0.2) is 0 Å². The molecule has 1 heterocycles. The number of nitrogens with zero attached hydrogens (tertiary/aromatic N) is 1. The first-order chi connectivity index (χ1) is 8.78. The number of para-hydroxylation sites is 1. The van der Waals surface area contributed by atoms with Gasteiger partial charge in [-0.05, 0) is 18.6 Å². The van der Waals surface area contributed by atoms with Gasteiger partial charge in [-0.3, -0.25) is 9.89 Å². The molecule has 0 aliphatic carbocycles. The molecule has 0 saturated carbocycles. The molecular weight excluding hydrogens is 228 g/mol. The van der Waals surface area contributed by atoms with Gasteiger partial charge in [0, 0.05) is 17.4 Å². The number of nitrogens with one attached hydrogen (secondary N) is 3. The Bertz CT molecular complexity index is 507. The minimum atomic E-state index is -0.118. The van der Waals surface area contributed by atoms with Crippen molar-refractivity contribution in [3.8, 4) is 0 Å². The fourth-order valence-electron chi connectivity index (χ4n) is 1.53. The zero-order chi connectivity index (χ0) is 12.8. The number of carbonyl (C=O) groups is 1. The van der Waals surface area contributed by atoms with E-state index in [4.69, 9.17) is 0 Å². The lowest BCUT2D eigenvalue weighted by molar-refractivity contribution is -0.114. The van der Waals surface area contributed by atoms with E-state index >= 15 is 0 Å². The molecule has 5 nitrogen and oxygen atoms in total. The van der Waals surface area contributed by atoms with E-state index in [1.54, 1.807) is 0 Å². The van der Waals surface area contributed by atoms with Crippen molar-refractivity contribution in [3.63, 3.8) is 0 Å². The zero-order valence-electron chi connectivity index (χ0n) is 10.2. The molecule has 2 aromatic rings. The van der Waals surface area contributed by atoms with Crippen LogP contribution in [-0.2, 0) is 11.2 Å². The van der Waals surface area contributed by atoms with E-state index in [0.29, 0.717) is 5.82 Å². The molecule has 1 aromatic carbocycles. The van der Waals surface area contributed by atoms with Crippen molar-refractivity contribution in [2.75, 3.05) is 17.2 Å². The van der Waals surface area contributed by atoms with Crippen LogP contribution < -0.4 is 10.6 Å². The van der Waals surface area contributed by atoms with Crippen molar-refractivity contribution in [1.82, 2.24) is 10.2 Å². The summed E-state index contributed by atoms with van der Waals surface area (Å²) in [4.78, 5) is 11.7. The maximum Gasteiger partial charge on any atom is 0.244 e. The van der Waals surface area contributed by atoms with Crippen LogP contribution in [-0.4, -0.2) is 22.6 Å². The third-order valence-corrected chi connectivity index (χ3v) is 2.51. The second-order valence-corrected chi connectivity index (χ2v) is 3.90. The van der Waals surface area contributed by atoms with Crippen molar-refractivity contribution in [3.05, 3.63) is 42.1 Å².